The van der Waals surface area contributed by atoms with Crippen LogP contribution in [-0.2, 0) is 6.42 Å². The Morgan fingerprint density at radius 2 is 2.33 bits per heavy atom. The van der Waals surface area contributed by atoms with Gasteiger partial charge in [0, 0.05) is 16.8 Å². The quantitative estimate of drug-likeness (QED) is 0.620. The molecule has 1 atom stereocenters. The van der Waals surface area contributed by atoms with Crippen LogP contribution in [0.5, 0.6) is 0 Å². The highest BCUT2D eigenvalue weighted by molar-refractivity contribution is 7.98. The maximum atomic E-state index is 12.8. The van der Waals surface area contributed by atoms with Crippen LogP contribution in [0.25, 0.3) is 0 Å². The van der Waals surface area contributed by atoms with Gasteiger partial charge in [-0.05, 0) is 30.4 Å². The summed E-state index contributed by atoms with van der Waals surface area (Å²) in [6.45, 7) is 0. The molecule has 0 fully saturated rings. The molecule has 0 aliphatic heterocycles. The molecular weight excluding hydrogens is 235 g/mol. The average molecular weight is 249 g/mol. The largest absolute Gasteiger partial charge is 0.271 e. The Hall–Kier alpha value is -0.290. The molecule has 0 amide bonds. The minimum absolute atomic E-state index is 0.156. The molecule has 0 aromatic heterocycles. The monoisotopic (exact) mass is 248 g/mol. The third-order valence-electron chi connectivity index (χ3n) is 2.08. The van der Waals surface area contributed by atoms with Crippen LogP contribution in [0.1, 0.15) is 5.56 Å². The van der Waals surface area contributed by atoms with E-state index in [1.165, 1.54) is 12.1 Å². The lowest BCUT2D eigenvalue weighted by Crippen LogP contribution is -2.38. The third-order valence-corrected chi connectivity index (χ3v) is 3.17. The van der Waals surface area contributed by atoms with Crippen LogP contribution in [0.15, 0.2) is 18.2 Å². The normalized spacial score (nSPS) is 12.8. The maximum absolute atomic E-state index is 12.8. The molecule has 15 heavy (non-hydrogen) atoms. The topological polar surface area (TPSA) is 38.0 Å². The van der Waals surface area contributed by atoms with E-state index in [1.807, 2.05) is 6.26 Å². The van der Waals surface area contributed by atoms with Crippen molar-refractivity contribution in [2.24, 2.45) is 5.84 Å². The van der Waals surface area contributed by atoms with Gasteiger partial charge in [0.15, 0.2) is 0 Å². The number of hydrazine groups is 1. The Kier molecular flexibility index (Phi) is 5.39. The lowest BCUT2D eigenvalue weighted by atomic mass is 10.1. The van der Waals surface area contributed by atoms with E-state index in [0.717, 1.165) is 11.3 Å². The predicted molar refractivity (Wildman–Crippen MR) is 64.6 cm³/mol. The van der Waals surface area contributed by atoms with Gasteiger partial charge in [-0.2, -0.15) is 11.8 Å². The SMILES string of the molecule is CSCC(Cc1ccc(F)cc1Cl)NN. The van der Waals surface area contributed by atoms with E-state index in [-0.39, 0.29) is 11.9 Å². The molecule has 84 valence electrons. The van der Waals surface area contributed by atoms with Crippen LogP contribution >= 0.6 is 23.4 Å². The van der Waals surface area contributed by atoms with Gasteiger partial charge in [0.2, 0.25) is 0 Å². The molecule has 5 heteroatoms. The highest BCUT2D eigenvalue weighted by Crippen LogP contribution is 2.19. The minimum atomic E-state index is -0.314. The van der Waals surface area contributed by atoms with Gasteiger partial charge < -0.3 is 0 Å². The van der Waals surface area contributed by atoms with Gasteiger partial charge >= 0.3 is 0 Å². The lowest BCUT2D eigenvalue weighted by molar-refractivity contribution is 0.574. The van der Waals surface area contributed by atoms with Crippen molar-refractivity contribution in [1.82, 2.24) is 5.43 Å². The van der Waals surface area contributed by atoms with E-state index in [2.05, 4.69) is 5.43 Å². The number of hydrogen-bond acceptors (Lipinski definition) is 3. The highest BCUT2D eigenvalue weighted by atomic mass is 35.5. The van der Waals surface area contributed by atoms with Crippen molar-refractivity contribution in [2.45, 2.75) is 12.5 Å². The number of rotatable bonds is 5. The summed E-state index contributed by atoms with van der Waals surface area (Å²) < 4.78 is 12.8. The van der Waals surface area contributed by atoms with Gasteiger partial charge in [0.05, 0.1) is 0 Å². The molecule has 0 spiro atoms. The van der Waals surface area contributed by atoms with Crippen LogP contribution in [-0.4, -0.2) is 18.1 Å². The number of nitrogens with one attached hydrogen (secondary N) is 1. The van der Waals surface area contributed by atoms with E-state index in [9.17, 15) is 4.39 Å². The van der Waals surface area contributed by atoms with Crippen LogP contribution < -0.4 is 11.3 Å². The van der Waals surface area contributed by atoms with Gasteiger partial charge in [0.1, 0.15) is 5.82 Å². The summed E-state index contributed by atoms with van der Waals surface area (Å²) in [5.41, 5.74) is 3.63. The second kappa shape index (κ2) is 6.33. The molecule has 0 radical (unpaired) electrons. The van der Waals surface area contributed by atoms with E-state index in [4.69, 9.17) is 17.4 Å². The van der Waals surface area contributed by atoms with Crippen molar-refractivity contribution in [3.8, 4) is 0 Å². The molecule has 1 rings (SSSR count). The van der Waals surface area contributed by atoms with Gasteiger partial charge in [-0.15, -0.1) is 0 Å². The Balaban J connectivity index is 2.70. The zero-order chi connectivity index (χ0) is 11.3. The Morgan fingerprint density at radius 1 is 1.60 bits per heavy atom. The van der Waals surface area contributed by atoms with E-state index in [0.29, 0.717) is 11.4 Å². The molecule has 3 N–H and O–H groups in total. The molecule has 0 saturated heterocycles. The van der Waals surface area contributed by atoms with Crippen LogP contribution in [0.3, 0.4) is 0 Å². The van der Waals surface area contributed by atoms with Crippen LogP contribution in [0, 0.1) is 5.82 Å². The average Bonchev–Trinajstić information content (AvgIpc) is 2.21. The molecule has 0 aliphatic carbocycles. The predicted octanol–water partition coefficient (Wildman–Crippen LogP) is 2.22. The molecule has 0 bridgehead atoms. The van der Waals surface area contributed by atoms with Crippen molar-refractivity contribution < 1.29 is 4.39 Å². The number of halogens is 2. The lowest BCUT2D eigenvalue weighted by Gasteiger charge is -2.15. The number of hydrogen-bond donors (Lipinski definition) is 2. The summed E-state index contributed by atoms with van der Waals surface area (Å²) in [6.07, 6.45) is 2.72. The summed E-state index contributed by atoms with van der Waals surface area (Å²) in [5.74, 6) is 5.99. The summed E-state index contributed by atoms with van der Waals surface area (Å²) in [4.78, 5) is 0. The smallest absolute Gasteiger partial charge is 0.124 e. The van der Waals surface area contributed by atoms with Crippen molar-refractivity contribution >= 4 is 23.4 Å². The van der Waals surface area contributed by atoms with Crippen molar-refractivity contribution in [1.29, 1.82) is 0 Å². The first-order valence-corrected chi connectivity index (χ1v) is 6.33. The van der Waals surface area contributed by atoms with Crippen molar-refractivity contribution in [2.75, 3.05) is 12.0 Å². The second-order valence-corrected chi connectivity index (χ2v) is 4.58. The zero-order valence-electron chi connectivity index (χ0n) is 8.47. The molecule has 0 aliphatic rings. The molecule has 1 aromatic rings. The van der Waals surface area contributed by atoms with Crippen LogP contribution in [0.4, 0.5) is 4.39 Å². The van der Waals surface area contributed by atoms with Crippen LogP contribution in [0.2, 0.25) is 5.02 Å². The molecular formula is C10H14ClFN2S. The summed E-state index contributed by atoms with van der Waals surface area (Å²) in [5, 5.41) is 0.455. The number of thioether (sulfide) groups is 1. The Morgan fingerprint density at radius 3 is 2.87 bits per heavy atom. The second-order valence-electron chi connectivity index (χ2n) is 3.26. The van der Waals surface area contributed by atoms with Gasteiger partial charge in [-0.25, -0.2) is 4.39 Å². The first-order chi connectivity index (χ1) is 7.17. The van der Waals surface area contributed by atoms with Gasteiger partial charge in [-0.1, -0.05) is 17.7 Å². The summed E-state index contributed by atoms with van der Waals surface area (Å²) in [6, 6.07) is 4.59. The number of nitrogens with two attached hydrogens (primary N) is 1. The summed E-state index contributed by atoms with van der Waals surface area (Å²) in [7, 11) is 0. The fraction of sp³-hybridized carbons (Fsp3) is 0.400. The Bertz CT molecular complexity index is 322. The van der Waals surface area contributed by atoms with E-state index >= 15 is 0 Å². The standard InChI is InChI=1S/C10H14ClFN2S/c1-15-6-9(14-13)4-7-2-3-8(12)5-10(7)11/h2-3,5,9,14H,4,6,13H2,1H3. The number of benzene rings is 1. The fourth-order valence-corrected chi connectivity index (χ4v) is 2.18. The van der Waals surface area contributed by atoms with Gasteiger partial charge in [-0.3, -0.25) is 11.3 Å². The maximum Gasteiger partial charge on any atom is 0.124 e. The van der Waals surface area contributed by atoms with Crippen molar-refractivity contribution in [3.63, 3.8) is 0 Å². The minimum Gasteiger partial charge on any atom is -0.271 e. The molecule has 0 heterocycles. The fourth-order valence-electron chi connectivity index (χ4n) is 1.32. The molecule has 1 aromatic carbocycles. The molecule has 1 unspecified atom stereocenters. The van der Waals surface area contributed by atoms with Gasteiger partial charge in [0.25, 0.3) is 0 Å². The molecule has 0 saturated carbocycles. The Labute approximate surface area is 98.3 Å². The van der Waals surface area contributed by atoms with Crippen molar-refractivity contribution in [3.05, 3.63) is 34.6 Å². The first-order valence-electron chi connectivity index (χ1n) is 4.56. The first kappa shape index (κ1) is 12.8. The highest BCUT2D eigenvalue weighted by Gasteiger charge is 2.09. The zero-order valence-corrected chi connectivity index (χ0v) is 10.0. The van der Waals surface area contributed by atoms with E-state index < -0.39 is 0 Å². The van der Waals surface area contributed by atoms with E-state index in [1.54, 1.807) is 17.8 Å². The molecule has 2 nitrogen and oxygen atoms in total. The summed E-state index contributed by atoms with van der Waals surface area (Å²) >= 11 is 7.62. The third kappa shape index (κ3) is 3.99.